The molecule has 1 fully saturated rings. The average molecular weight is 359 g/mol. The third-order valence-corrected chi connectivity index (χ3v) is 5.36. The van der Waals surface area contributed by atoms with Crippen molar-refractivity contribution in [3.05, 3.63) is 60.4 Å². The van der Waals surface area contributed by atoms with E-state index in [1.54, 1.807) is 12.4 Å². The molecule has 138 valence electrons. The molecule has 0 unspecified atom stereocenters. The van der Waals surface area contributed by atoms with Crippen LogP contribution in [0.25, 0.3) is 22.2 Å². The molecule has 1 aliphatic rings. The lowest BCUT2D eigenvalue weighted by Crippen LogP contribution is -2.35. The minimum Gasteiger partial charge on any atom is -0.349 e. The van der Waals surface area contributed by atoms with Gasteiger partial charge in [0.2, 0.25) is 0 Å². The van der Waals surface area contributed by atoms with Crippen LogP contribution < -0.4 is 5.32 Å². The molecular weight excluding hydrogens is 334 g/mol. The quantitative estimate of drug-likeness (QED) is 0.704. The highest BCUT2D eigenvalue weighted by molar-refractivity contribution is 6.07. The molecule has 1 aromatic carbocycles. The van der Waals surface area contributed by atoms with Crippen molar-refractivity contribution in [1.29, 1.82) is 0 Å². The first-order valence-electron chi connectivity index (χ1n) is 9.92. The number of benzene rings is 1. The molecule has 4 nitrogen and oxygen atoms in total. The van der Waals surface area contributed by atoms with Crippen molar-refractivity contribution in [1.82, 2.24) is 15.3 Å². The Morgan fingerprint density at radius 1 is 0.963 bits per heavy atom. The fourth-order valence-electron chi connectivity index (χ4n) is 3.89. The molecule has 27 heavy (non-hydrogen) atoms. The number of hydrogen-bond acceptors (Lipinski definition) is 3. The van der Waals surface area contributed by atoms with Gasteiger partial charge < -0.3 is 5.32 Å². The Labute approximate surface area is 160 Å². The first-order chi connectivity index (χ1) is 13.3. The molecule has 1 N–H and O–H groups in total. The summed E-state index contributed by atoms with van der Waals surface area (Å²) in [6.45, 7) is 0. The third kappa shape index (κ3) is 4.16. The van der Waals surface area contributed by atoms with Gasteiger partial charge in [-0.1, -0.05) is 50.3 Å². The van der Waals surface area contributed by atoms with Gasteiger partial charge in [-0.05, 0) is 37.1 Å². The lowest BCUT2D eigenvalue weighted by atomic mass is 9.96. The summed E-state index contributed by atoms with van der Waals surface area (Å²) in [5, 5.41) is 4.19. The summed E-state index contributed by atoms with van der Waals surface area (Å²) in [6.07, 6.45) is 11.9. The van der Waals surface area contributed by atoms with Gasteiger partial charge in [0.1, 0.15) is 0 Å². The van der Waals surface area contributed by atoms with Crippen LogP contribution in [0.1, 0.15) is 55.3 Å². The zero-order chi connectivity index (χ0) is 18.5. The highest BCUT2D eigenvalue weighted by Crippen LogP contribution is 2.25. The van der Waals surface area contributed by atoms with E-state index in [1.165, 1.54) is 32.1 Å². The van der Waals surface area contributed by atoms with Gasteiger partial charge in [-0.3, -0.25) is 9.78 Å². The zero-order valence-corrected chi connectivity index (χ0v) is 15.5. The number of aromatic nitrogens is 2. The summed E-state index contributed by atoms with van der Waals surface area (Å²) in [5.41, 5.74) is 3.23. The molecule has 0 saturated heterocycles. The Bertz CT molecular complexity index is 915. The summed E-state index contributed by atoms with van der Waals surface area (Å²) in [6, 6.07) is 13.9. The van der Waals surface area contributed by atoms with Crippen molar-refractivity contribution in [2.45, 2.75) is 51.0 Å². The molecule has 4 heteroatoms. The Morgan fingerprint density at radius 2 is 1.74 bits per heavy atom. The van der Waals surface area contributed by atoms with E-state index >= 15 is 0 Å². The minimum atomic E-state index is 0.00399. The Hall–Kier alpha value is -2.75. The average Bonchev–Trinajstić information content (AvgIpc) is 2.69. The van der Waals surface area contributed by atoms with E-state index in [2.05, 4.69) is 10.3 Å². The highest BCUT2D eigenvalue weighted by atomic mass is 16.1. The van der Waals surface area contributed by atoms with E-state index < -0.39 is 0 Å². The Balaban J connectivity index is 1.67. The van der Waals surface area contributed by atoms with Crippen molar-refractivity contribution in [3.63, 3.8) is 0 Å². The number of para-hydroxylation sites is 1. The third-order valence-electron chi connectivity index (χ3n) is 5.36. The SMILES string of the molecule is O=C(NC1CCCCCCC1)c1cc(-c2cccnc2)nc2ccccc12. The van der Waals surface area contributed by atoms with E-state index in [0.717, 1.165) is 35.0 Å². The standard InChI is InChI=1S/C23H25N3O/c27-23(25-18-10-4-2-1-3-5-11-18)20-15-22(17-9-8-14-24-16-17)26-21-13-7-6-12-19(20)21/h6-9,12-16,18H,1-5,10-11H2,(H,25,27). The van der Waals surface area contributed by atoms with Crippen LogP contribution in [0.3, 0.4) is 0 Å². The van der Waals surface area contributed by atoms with Gasteiger partial charge >= 0.3 is 0 Å². The maximum atomic E-state index is 13.2. The first-order valence-corrected chi connectivity index (χ1v) is 9.92. The topological polar surface area (TPSA) is 54.9 Å². The van der Waals surface area contributed by atoms with Gasteiger partial charge in [0.25, 0.3) is 5.91 Å². The summed E-state index contributed by atoms with van der Waals surface area (Å²) >= 11 is 0. The van der Waals surface area contributed by atoms with Crippen LogP contribution in [0.4, 0.5) is 0 Å². The first kappa shape index (κ1) is 17.7. The fourth-order valence-corrected chi connectivity index (χ4v) is 3.89. The predicted molar refractivity (Wildman–Crippen MR) is 109 cm³/mol. The van der Waals surface area contributed by atoms with E-state index in [-0.39, 0.29) is 11.9 Å². The van der Waals surface area contributed by atoms with Gasteiger partial charge in [-0.25, -0.2) is 4.98 Å². The summed E-state index contributed by atoms with van der Waals surface area (Å²) < 4.78 is 0. The van der Waals surface area contributed by atoms with Crippen LogP contribution in [0.15, 0.2) is 54.9 Å². The largest absolute Gasteiger partial charge is 0.349 e. The van der Waals surface area contributed by atoms with Gasteiger partial charge in [0.05, 0.1) is 16.8 Å². The lowest BCUT2D eigenvalue weighted by molar-refractivity contribution is 0.0932. The molecule has 1 aliphatic carbocycles. The second-order valence-electron chi connectivity index (χ2n) is 7.33. The molecule has 2 heterocycles. The van der Waals surface area contributed by atoms with Crippen molar-refractivity contribution in [3.8, 4) is 11.3 Å². The second-order valence-corrected chi connectivity index (χ2v) is 7.33. The number of nitrogens with zero attached hydrogens (tertiary/aromatic N) is 2. The zero-order valence-electron chi connectivity index (χ0n) is 15.5. The smallest absolute Gasteiger partial charge is 0.252 e. The number of fused-ring (bicyclic) bond motifs is 1. The molecule has 1 amide bonds. The number of carbonyl (C=O) groups excluding carboxylic acids is 1. The van der Waals surface area contributed by atoms with Crippen LogP contribution >= 0.6 is 0 Å². The molecule has 1 saturated carbocycles. The number of hydrogen-bond donors (Lipinski definition) is 1. The number of nitrogens with one attached hydrogen (secondary N) is 1. The van der Waals surface area contributed by atoms with Crippen molar-refractivity contribution in [2.75, 3.05) is 0 Å². The van der Waals surface area contributed by atoms with Crippen LogP contribution in [-0.4, -0.2) is 21.9 Å². The normalized spacial score (nSPS) is 15.9. The lowest BCUT2D eigenvalue weighted by Gasteiger charge is -2.21. The minimum absolute atomic E-state index is 0.00399. The highest BCUT2D eigenvalue weighted by Gasteiger charge is 2.18. The van der Waals surface area contributed by atoms with Gasteiger partial charge in [0, 0.05) is 29.4 Å². The van der Waals surface area contributed by atoms with Crippen LogP contribution in [0, 0.1) is 0 Å². The summed E-state index contributed by atoms with van der Waals surface area (Å²) in [4.78, 5) is 22.1. The molecule has 0 aliphatic heterocycles. The monoisotopic (exact) mass is 359 g/mol. The Kier molecular flexibility index (Phi) is 5.42. The number of amides is 1. The Morgan fingerprint density at radius 3 is 2.52 bits per heavy atom. The van der Waals surface area contributed by atoms with E-state index in [4.69, 9.17) is 4.98 Å². The number of rotatable bonds is 3. The molecule has 2 aromatic heterocycles. The van der Waals surface area contributed by atoms with E-state index in [0.29, 0.717) is 5.56 Å². The fraction of sp³-hybridized carbons (Fsp3) is 0.348. The summed E-state index contributed by atoms with van der Waals surface area (Å²) in [7, 11) is 0. The van der Waals surface area contributed by atoms with E-state index in [1.807, 2.05) is 42.5 Å². The van der Waals surface area contributed by atoms with Crippen molar-refractivity contribution in [2.24, 2.45) is 0 Å². The van der Waals surface area contributed by atoms with Gasteiger partial charge in [-0.15, -0.1) is 0 Å². The molecule has 0 atom stereocenters. The predicted octanol–water partition coefficient (Wildman–Crippen LogP) is 5.14. The molecule has 0 radical (unpaired) electrons. The molecule has 3 aromatic rings. The molecule has 4 rings (SSSR count). The van der Waals surface area contributed by atoms with Gasteiger partial charge in [-0.2, -0.15) is 0 Å². The molecule has 0 spiro atoms. The molecular formula is C23H25N3O. The van der Waals surface area contributed by atoms with Crippen LogP contribution in [-0.2, 0) is 0 Å². The van der Waals surface area contributed by atoms with Crippen molar-refractivity contribution >= 4 is 16.8 Å². The van der Waals surface area contributed by atoms with Crippen LogP contribution in [0.5, 0.6) is 0 Å². The van der Waals surface area contributed by atoms with E-state index in [9.17, 15) is 4.79 Å². The van der Waals surface area contributed by atoms with Crippen LogP contribution in [0.2, 0.25) is 0 Å². The maximum Gasteiger partial charge on any atom is 0.252 e. The summed E-state index contributed by atoms with van der Waals surface area (Å²) in [5.74, 6) is 0.00399. The molecule has 0 bridgehead atoms. The number of pyridine rings is 2. The van der Waals surface area contributed by atoms with Gasteiger partial charge in [0.15, 0.2) is 0 Å². The maximum absolute atomic E-state index is 13.2. The number of carbonyl (C=O) groups is 1. The van der Waals surface area contributed by atoms with Crippen molar-refractivity contribution < 1.29 is 4.79 Å². The second kappa shape index (κ2) is 8.30.